The van der Waals surface area contributed by atoms with Crippen LogP contribution in [0.1, 0.15) is 13.3 Å². The third-order valence-corrected chi connectivity index (χ3v) is 0.968. The SMILES string of the molecule is CC[C@H](N[N+](=O)[O-])C(=O)O. The molecule has 0 amide bonds. The van der Waals surface area contributed by atoms with Gasteiger partial charge in [0.05, 0.1) is 0 Å². The van der Waals surface area contributed by atoms with E-state index >= 15 is 0 Å². The summed E-state index contributed by atoms with van der Waals surface area (Å²) in [5.74, 6) is -1.21. The highest BCUT2D eigenvalue weighted by atomic mass is 16.7. The molecule has 2 N–H and O–H groups in total. The number of carboxylic acids is 1. The van der Waals surface area contributed by atoms with Crippen molar-refractivity contribution in [3.05, 3.63) is 10.1 Å². The molecule has 0 aromatic heterocycles. The average Bonchev–Trinajstić information content (AvgIpc) is 1.81. The first-order valence-corrected chi connectivity index (χ1v) is 2.71. The quantitative estimate of drug-likeness (QED) is 0.419. The Morgan fingerprint density at radius 1 is 1.90 bits per heavy atom. The molecule has 6 heteroatoms. The van der Waals surface area contributed by atoms with Crippen LogP contribution < -0.4 is 5.43 Å². The number of carbonyl (C=O) groups is 1. The van der Waals surface area contributed by atoms with Crippen LogP contribution in [-0.4, -0.2) is 22.1 Å². The van der Waals surface area contributed by atoms with Crippen LogP contribution in [0.3, 0.4) is 0 Å². The van der Waals surface area contributed by atoms with Gasteiger partial charge in [-0.2, -0.15) is 0 Å². The van der Waals surface area contributed by atoms with Crippen LogP contribution in [0.4, 0.5) is 0 Å². The molecule has 58 valence electrons. The zero-order valence-corrected chi connectivity index (χ0v) is 5.40. The molecular weight excluding hydrogens is 140 g/mol. The number of nitrogens with one attached hydrogen (secondary N) is 1. The van der Waals surface area contributed by atoms with Crippen LogP contribution in [0, 0.1) is 10.1 Å². The minimum Gasteiger partial charge on any atom is -0.480 e. The molecule has 0 saturated carbocycles. The molecule has 0 aliphatic rings. The van der Waals surface area contributed by atoms with Crippen LogP contribution in [0.25, 0.3) is 0 Å². The Labute approximate surface area is 57.0 Å². The van der Waals surface area contributed by atoms with Crippen molar-refractivity contribution in [2.24, 2.45) is 0 Å². The van der Waals surface area contributed by atoms with Gasteiger partial charge in [-0.3, -0.25) is 0 Å². The smallest absolute Gasteiger partial charge is 0.332 e. The second-order valence-electron chi connectivity index (χ2n) is 1.69. The molecule has 0 spiro atoms. The van der Waals surface area contributed by atoms with E-state index in [0.717, 1.165) is 0 Å². The van der Waals surface area contributed by atoms with E-state index < -0.39 is 17.0 Å². The predicted molar refractivity (Wildman–Crippen MR) is 31.8 cm³/mol. The van der Waals surface area contributed by atoms with E-state index in [-0.39, 0.29) is 6.42 Å². The van der Waals surface area contributed by atoms with Crippen molar-refractivity contribution in [1.82, 2.24) is 5.43 Å². The second-order valence-corrected chi connectivity index (χ2v) is 1.69. The highest BCUT2D eigenvalue weighted by Gasteiger charge is 2.18. The topological polar surface area (TPSA) is 92.5 Å². The summed E-state index contributed by atoms with van der Waals surface area (Å²) >= 11 is 0. The Morgan fingerprint density at radius 2 is 2.40 bits per heavy atom. The molecule has 0 fully saturated rings. The van der Waals surface area contributed by atoms with Gasteiger partial charge >= 0.3 is 5.97 Å². The molecule has 6 nitrogen and oxygen atoms in total. The van der Waals surface area contributed by atoms with Gasteiger partial charge in [-0.15, -0.1) is 5.43 Å². The van der Waals surface area contributed by atoms with Gasteiger partial charge in [0.25, 0.3) is 0 Å². The minimum atomic E-state index is -1.21. The third kappa shape index (κ3) is 2.85. The van der Waals surface area contributed by atoms with E-state index in [2.05, 4.69) is 0 Å². The Morgan fingerprint density at radius 3 is 2.50 bits per heavy atom. The normalized spacial score (nSPS) is 12.1. The van der Waals surface area contributed by atoms with Crippen molar-refractivity contribution < 1.29 is 14.9 Å². The lowest BCUT2D eigenvalue weighted by Crippen LogP contribution is -2.39. The summed E-state index contributed by atoms with van der Waals surface area (Å²) in [6, 6.07) is -1.09. The lowest BCUT2D eigenvalue weighted by Gasteiger charge is -2.03. The van der Waals surface area contributed by atoms with Crippen LogP contribution in [-0.2, 0) is 4.79 Å². The maximum Gasteiger partial charge on any atom is 0.332 e. The molecule has 0 aliphatic carbocycles. The summed E-state index contributed by atoms with van der Waals surface area (Å²) in [5, 5.41) is 17.1. The molecule has 0 aromatic carbocycles. The molecule has 0 saturated heterocycles. The number of aliphatic carboxylic acids is 1. The standard InChI is InChI=1S/C4H8N2O4/c1-2-3(4(7)8)5-6(9)10/h3,5H,2H2,1H3,(H,7,8)/t3-/m0/s1. The number of nitrogens with zero attached hydrogens (tertiary/aromatic N) is 1. The van der Waals surface area contributed by atoms with E-state index in [1.807, 2.05) is 0 Å². The number of hydrazine groups is 1. The van der Waals surface area contributed by atoms with Crippen molar-refractivity contribution in [2.75, 3.05) is 0 Å². The molecule has 0 unspecified atom stereocenters. The molecule has 0 aromatic rings. The number of hydrogen-bond acceptors (Lipinski definition) is 3. The van der Waals surface area contributed by atoms with Crippen LogP contribution in [0.15, 0.2) is 0 Å². The van der Waals surface area contributed by atoms with E-state index in [1.165, 1.54) is 0 Å². The Bertz CT molecular complexity index is 146. The van der Waals surface area contributed by atoms with Gasteiger partial charge in [0, 0.05) is 0 Å². The fourth-order valence-electron chi connectivity index (χ4n) is 0.448. The van der Waals surface area contributed by atoms with Crippen molar-refractivity contribution in [3.8, 4) is 0 Å². The summed E-state index contributed by atoms with van der Waals surface area (Å²) in [7, 11) is 0. The minimum absolute atomic E-state index is 0.191. The first kappa shape index (κ1) is 8.67. The van der Waals surface area contributed by atoms with Crippen LogP contribution in [0.5, 0.6) is 0 Å². The molecule has 1 atom stereocenters. The molecular formula is C4H8N2O4. The summed E-state index contributed by atoms with van der Waals surface area (Å²) in [6.45, 7) is 1.55. The van der Waals surface area contributed by atoms with Gasteiger partial charge in [-0.1, -0.05) is 6.92 Å². The Hall–Kier alpha value is -1.33. The van der Waals surface area contributed by atoms with Gasteiger partial charge in [0.1, 0.15) is 0 Å². The number of carboxylic acid groups (broad SMARTS) is 1. The molecule has 0 rings (SSSR count). The highest BCUT2D eigenvalue weighted by Crippen LogP contribution is 1.88. The number of nitro groups is 1. The van der Waals surface area contributed by atoms with Gasteiger partial charge < -0.3 is 5.11 Å². The summed E-state index contributed by atoms with van der Waals surface area (Å²) in [6.07, 6.45) is 0.191. The molecule has 10 heavy (non-hydrogen) atoms. The van der Waals surface area contributed by atoms with Gasteiger partial charge in [-0.25, -0.2) is 14.9 Å². The summed E-state index contributed by atoms with van der Waals surface area (Å²) < 4.78 is 0. The second kappa shape index (κ2) is 3.65. The van der Waals surface area contributed by atoms with E-state index in [4.69, 9.17) is 5.11 Å². The van der Waals surface area contributed by atoms with Crippen molar-refractivity contribution in [2.45, 2.75) is 19.4 Å². The largest absolute Gasteiger partial charge is 0.480 e. The highest BCUT2D eigenvalue weighted by molar-refractivity contribution is 5.73. The summed E-state index contributed by atoms with van der Waals surface area (Å²) in [5.41, 5.74) is 1.65. The van der Waals surface area contributed by atoms with Crippen LogP contribution >= 0.6 is 0 Å². The first-order valence-electron chi connectivity index (χ1n) is 2.71. The molecule has 0 radical (unpaired) electrons. The van der Waals surface area contributed by atoms with Crippen molar-refractivity contribution >= 4 is 5.97 Å². The van der Waals surface area contributed by atoms with Gasteiger partial charge in [-0.05, 0) is 6.42 Å². The Kier molecular flexibility index (Phi) is 3.16. The van der Waals surface area contributed by atoms with E-state index in [9.17, 15) is 14.9 Å². The lowest BCUT2D eigenvalue weighted by molar-refractivity contribution is -0.548. The fraction of sp³-hybridized carbons (Fsp3) is 0.750. The van der Waals surface area contributed by atoms with Crippen molar-refractivity contribution in [3.63, 3.8) is 0 Å². The van der Waals surface area contributed by atoms with Gasteiger partial charge in [0.2, 0.25) is 0 Å². The molecule has 0 heterocycles. The fourth-order valence-corrected chi connectivity index (χ4v) is 0.448. The maximum absolute atomic E-state index is 10.1. The zero-order chi connectivity index (χ0) is 8.15. The monoisotopic (exact) mass is 148 g/mol. The number of hydrogen-bond donors (Lipinski definition) is 2. The summed E-state index contributed by atoms with van der Waals surface area (Å²) in [4.78, 5) is 19.8. The Balaban J connectivity index is 3.83. The molecule has 0 aliphatic heterocycles. The lowest BCUT2D eigenvalue weighted by atomic mass is 10.2. The zero-order valence-electron chi connectivity index (χ0n) is 5.40. The van der Waals surface area contributed by atoms with Crippen molar-refractivity contribution in [1.29, 1.82) is 0 Å². The average molecular weight is 148 g/mol. The van der Waals surface area contributed by atoms with Crippen LogP contribution in [0.2, 0.25) is 0 Å². The van der Waals surface area contributed by atoms with E-state index in [0.29, 0.717) is 0 Å². The number of rotatable bonds is 4. The molecule has 0 bridgehead atoms. The van der Waals surface area contributed by atoms with E-state index in [1.54, 1.807) is 12.3 Å². The third-order valence-electron chi connectivity index (χ3n) is 0.968. The maximum atomic E-state index is 10.1. The first-order chi connectivity index (χ1) is 4.57. The predicted octanol–water partition coefficient (Wildman–Crippen LogP) is -0.369. The van der Waals surface area contributed by atoms with Gasteiger partial charge in [0.15, 0.2) is 11.1 Å².